The summed E-state index contributed by atoms with van der Waals surface area (Å²) in [4.78, 5) is 4.01. The molecule has 2 aromatic heterocycles. The van der Waals surface area contributed by atoms with Crippen LogP contribution in [-0.4, -0.2) is 28.5 Å². The third kappa shape index (κ3) is 3.55. The molecule has 0 aromatic carbocycles. The summed E-state index contributed by atoms with van der Waals surface area (Å²) in [6.07, 6.45) is 5.85. The van der Waals surface area contributed by atoms with Gasteiger partial charge in [0, 0.05) is 19.5 Å². The van der Waals surface area contributed by atoms with E-state index in [-0.39, 0.29) is 6.04 Å². The van der Waals surface area contributed by atoms with Gasteiger partial charge in [-0.25, -0.2) is 0 Å². The largest absolute Gasteiger partial charge is 0.383 e. The third-order valence-electron chi connectivity index (χ3n) is 3.06. The van der Waals surface area contributed by atoms with Crippen molar-refractivity contribution in [1.29, 1.82) is 0 Å². The molecule has 3 N–H and O–H groups in total. The quantitative estimate of drug-likeness (QED) is 0.595. The first-order chi connectivity index (χ1) is 9.76. The number of methoxy groups -OCH3 is 1. The molecule has 0 saturated carbocycles. The second-order valence-electron chi connectivity index (χ2n) is 4.37. The van der Waals surface area contributed by atoms with Crippen molar-refractivity contribution in [3.05, 3.63) is 47.0 Å². The maximum atomic E-state index is 6.23. The lowest BCUT2D eigenvalue weighted by Crippen LogP contribution is -2.32. The minimum Gasteiger partial charge on any atom is -0.383 e. The lowest BCUT2D eigenvalue weighted by atomic mass is 10.0. The molecule has 0 bridgehead atoms. The molecule has 0 aliphatic carbocycles. The SMILES string of the molecule is COCCn1ncc(Cl)c1C(Cc1ccncc1)NN. The Morgan fingerprint density at radius 3 is 2.85 bits per heavy atom. The number of halogens is 1. The molecule has 0 spiro atoms. The number of nitrogens with one attached hydrogen (secondary N) is 1. The summed E-state index contributed by atoms with van der Waals surface area (Å²) in [5, 5.41) is 4.86. The molecule has 7 heteroatoms. The average Bonchev–Trinajstić information content (AvgIpc) is 2.84. The van der Waals surface area contributed by atoms with Gasteiger partial charge in [-0.15, -0.1) is 0 Å². The maximum absolute atomic E-state index is 6.23. The third-order valence-corrected chi connectivity index (χ3v) is 3.35. The maximum Gasteiger partial charge on any atom is 0.0834 e. The molecule has 0 saturated heterocycles. The molecule has 0 aliphatic heterocycles. The number of hydrogen-bond donors (Lipinski definition) is 2. The highest BCUT2D eigenvalue weighted by Gasteiger charge is 2.19. The zero-order valence-corrected chi connectivity index (χ0v) is 12.0. The number of hydrazine groups is 1. The van der Waals surface area contributed by atoms with Crippen molar-refractivity contribution >= 4 is 11.6 Å². The Morgan fingerprint density at radius 1 is 1.45 bits per heavy atom. The second-order valence-corrected chi connectivity index (χ2v) is 4.78. The van der Waals surface area contributed by atoms with Crippen LogP contribution in [0.5, 0.6) is 0 Å². The van der Waals surface area contributed by atoms with Crippen LogP contribution in [-0.2, 0) is 17.7 Å². The van der Waals surface area contributed by atoms with Crippen LogP contribution in [0.15, 0.2) is 30.7 Å². The van der Waals surface area contributed by atoms with Crippen LogP contribution in [0.3, 0.4) is 0 Å². The van der Waals surface area contributed by atoms with Crippen LogP contribution >= 0.6 is 11.6 Å². The lowest BCUT2D eigenvalue weighted by molar-refractivity contribution is 0.181. The summed E-state index contributed by atoms with van der Waals surface area (Å²) >= 11 is 6.23. The Balaban J connectivity index is 2.20. The molecular formula is C13H18ClN5O. The van der Waals surface area contributed by atoms with Gasteiger partial charge in [-0.05, 0) is 24.1 Å². The molecule has 0 amide bonds. The summed E-state index contributed by atoms with van der Waals surface area (Å²) < 4.78 is 6.89. The van der Waals surface area contributed by atoms with E-state index in [0.717, 1.165) is 11.3 Å². The van der Waals surface area contributed by atoms with E-state index in [2.05, 4.69) is 15.5 Å². The van der Waals surface area contributed by atoms with E-state index in [1.54, 1.807) is 25.7 Å². The van der Waals surface area contributed by atoms with Crippen LogP contribution in [0, 0.1) is 0 Å². The minimum atomic E-state index is -0.121. The van der Waals surface area contributed by atoms with Crippen LogP contribution < -0.4 is 11.3 Å². The Bertz CT molecular complexity index is 531. The Hall–Kier alpha value is -1.47. The fourth-order valence-electron chi connectivity index (χ4n) is 2.06. The average molecular weight is 296 g/mol. The van der Waals surface area contributed by atoms with Crippen molar-refractivity contribution in [2.75, 3.05) is 13.7 Å². The number of ether oxygens (including phenoxy) is 1. The fraction of sp³-hybridized carbons (Fsp3) is 0.385. The molecule has 1 atom stereocenters. The van der Waals surface area contributed by atoms with Gasteiger partial charge in [0.1, 0.15) is 0 Å². The minimum absolute atomic E-state index is 0.121. The smallest absolute Gasteiger partial charge is 0.0834 e. The van der Waals surface area contributed by atoms with Gasteiger partial charge in [-0.3, -0.25) is 20.9 Å². The van der Waals surface area contributed by atoms with E-state index in [0.29, 0.717) is 24.6 Å². The van der Waals surface area contributed by atoms with Crippen molar-refractivity contribution < 1.29 is 4.74 Å². The van der Waals surface area contributed by atoms with Gasteiger partial charge in [0.2, 0.25) is 0 Å². The molecule has 2 aromatic rings. The standard InChI is InChI=1S/C13H18ClN5O/c1-20-7-6-19-13(11(14)9-17-19)12(18-15)8-10-2-4-16-5-3-10/h2-5,9,12,18H,6-8,15H2,1H3. The number of nitrogens with zero attached hydrogens (tertiary/aromatic N) is 3. The van der Waals surface area contributed by atoms with Crippen LogP contribution in [0.4, 0.5) is 0 Å². The summed E-state index contributed by atoms with van der Waals surface area (Å²) in [5.41, 5.74) is 4.79. The van der Waals surface area contributed by atoms with Crippen molar-refractivity contribution in [1.82, 2.24) is 20.2 Å². The highest BCUT2D eigenvalue weighted by Crippen LogP contribution is 2.25. The highest BCUT2D eigenvalue weighted by molar-refractivity contribution is 6.31. The molecule has 0 aliphatic rings. The number of rotatable bonds is 7. The number of hydrogen-bond acceptors (Lipinski definition) is 5. The van der Waals surface area contributed by atoms with Crippen LogP contribution in [0.2, 0.25) is 5.02 Å². The normalized spacial score (nSPS) is 12.6. The first kappa shape index (κ1) is 14.9. The van der Waals surface area contributed by atoms with Gasteiger partial charge in [0.15, 0.2) is 0 Å². The molecule has 108 valence electrons. The summed E-state index contributed by atoms with van der Waals surface area (Å²) in [6.45, 7) is 1.20. The van der Waals surface area contributed by atoms with E-state index in [4.69, 9.17) is 22.2 Å². The number of aromatic nitrogens is 3. The summed E-state index contributed by atoms with van der Waals surface area (Å²) in [5.74, 6) is 5.68. The Morgan fingerprint density at radius 2 is 2.20 bits per heavy atom. The molecule has 1 unspecified atom stereocenters. The van der Waals surface area contributed by atoms with Gasteiger partial charge in [0.25, 0.3) is 0 Å². The zero-order valence-electron chi connectivity index (χ0n) is 11.3. The summed E-state index contributed by atoms with van der Waals surface area (Å²) in [6, 6.07) is 3.78. The van der Waals surface area contributed by atoms with E-state index in [1.165, 1.54) is 0 Å². The monoisotopic (exact) mass is 295 g/mol. The van der Waals surface area contributed by atoms with Crippen molar-refractivity contribution in [2.45, 2.75) is 19.0 Å². The molecule has 6 nitrogen and oxygen atoms in total. The second kappa shape index (κ2) is 7.35. The van der Waals surface area contributed by atoms with Crippen LogP contribution in [0.25, 0.3) is 0 Å². The topological polar surface area (TPSA) is 78.0 Å². The number of pyridine rings is 1. The fourth-order valence-corrected chi connectivity index (χ4v) is 2.34. The van der Waals surface area contributed by atoms with Gasteiger partial charge in [-0.2, -0.15) is 5.10 Å². The van der Waals surface area contributed by atoms with E-state index >= 15 is 0 Å². The van der Waals surface area contributed by atoms with E-state index in [9.17, 15) is 0 Å². The van der Waals surface area contributed by atoms with E-state index < -0.39 is 0 Å². The predicted octanol–water partition coefficient (Wildman–Crippen LogP) is 1.32. The molecule has 20 heavy (non-hydrogen) atoms. The zero-order chi connectivity index (χ0) is 14.4. The van der Waals surface area contributed by atoms with Gasteiger partial charge in [-0.1, -0.05) is 11.6 Å². The molecule has 0 fully saturated rings. The highest BCUT2D eigenvalue weighted by atomic mass is 35.5. The summed E-state index contributed by atoms with van der Waals surface area (Å²) in [7, 11) is 1.65. The number of nitrogens with two attached hydrogens (primary N) is 1. The molecule has 2 rings (SSSR count). The van der Waals surface area contributed by atoms with Gasteiger partial charge < -0.3 is 4.74 Å². The van der Waals surface area contributed by atoms with Crippen molar-refractivity contribution in [2.24, 2.45) is 5.84 Å². The molecular weight excluding hydrogens is 278 g/mol. The van der Waals surface area contributed by atoms with Gasteiger partial charge in [0.05, 0.1) is 36.1 Å². The first-order valence-corrected chi connectivity index (χ1v) is 6.69. The molecule has 2 heterocycles. The Labute approximate surface area is 122 Å². The van der Waals surface area contributed by atoms with Crippen molar-refractivity contribution in [3.8, 4) is 0 Å². The lowest BCUT2D eigenvalue weighted by Gasteiger charge is -2.18. The Kier molecular flexibility index (Phi) is 5.49. The van der Waals surface area contributed by atoms with E-state index in [1.807, 2.05) is 16.8 Å². The first-order valence-electron chi connectivity index (χ1n) is 6.31. The van der Waals surface area contributed by atoms with Gasteiger partial charge >= 0.3 is 0 Å². The van der Waals surface area contributed by atoms with Crippen molar-refractivity contribution in [3.63, 3.8) is 0 Å². The predicted molar refractivity (Wildman–Crippen MR) is 77.1 cm³/mol. The van der Waals surface area contributed by atoms with Crippen LogP contribution in [0.1, 0.15) is 17.3 Å². The molecule has 0 radical (unpaired) electrons.